The van der Waals surface area contributed by atoms with Gasteiger partial charge >= 0.3 is 0 Å². The molecule has 2 aliphatic rings. The molecule has 0 saturated carbocycles. The summed E-state index contributed by atoms with van der Waals surface area (Å²) in [6.07, 6.45) is 6.76. The molecule has 2 aliphatic carbocycles. The van der Waals surface area contributed by atoms with Crippen LogP contribution in [-0.4, -0.2) is 13.7 Å². The number of fused-ring (bicyclic) bond motifs is 12. The van der Waals surface area contributed by atoms with Crippen molar-refractivity contribution in [3.8, 4) is 39.3 Å². The van der Waals surface area contributed by atoms with Gasteiger partial charge in [0.2, 0.25) is 0 Å². The molecule has 3 heterocycles. The fraction of sp³-hybridized carbons (Fsp3) is 0.0877. The van der Waals surface area contributed by atoms with Crippen molar-refractivity contribution in [2.75, 3.05) is 0 Å². The van der Waals surface area contributed by atoms with E-state index in [1.807, 2.05) is 0 Å². The van der Waals surface area contributed by atoms with Crippen LogP contribution in [0.25, 0.3) is 99.9 Å². The molecule has 60 heavy (non-hydrogen) atoms. The average Bonchev–Trinajstić information content (AvgIpc) is 3.99. The van der Waals surface area contributed by atoms with Crippen LogP contribution in [0.2, 0.25) is 0 Å². The van der Waals surface area contributed by atoms with Crippen LogP contribution in [0.1, 0.15) is 42.7 Å². The SMILES string of the molecule is CC1(C)c2ccccc2-c2cc3c(cc21)c1cc(-c2ccc4c(c2)c2c(n4-c4ccccc4)C=CCC2)ccc1n3-c1ccc2c3ccccc3n(-c3ccccc3)c2c1. The Labute approximate surface area is 348 Å². The molecule has 8 aromatic carbocycles. The van der Waals surface area contributed by atoms with E-state index in [0.717, 1.165) is 24.2 Å². The molecule has 0 aliphatic heterocycles. The third-order valence-electron chi connectivity index (χ3n) is 13.7. The maximum atomic E-state index is 2.51. The minimum Gasteiger partial charge on any atom is -0.310 e. The molecule has 0 atom stereocenters. The summed E-state index contributed by atoms with van der Waals surface area (Å²) in [6, 6.07) is 65.7. The summed E-state index contributed by atoms with van der Waals surface area (Å²) in [4.78, 5) is 0. The van der Waals surface area contributed by atoms with E-state index >= 15 is 0 Å². The number of nitrogens with zero attached hydrogens (tertiary/aromatic N) is 3. The van der Waals surface area contributed by atoms with Crippen LogP contribution in [0.5, 0.6) is 0 Å². The molecule has 0 radical (unpaired) electrons. The maximum absolute atomic E-state index is 2.51. The second kappa shape index (κ2) is 12.3. The van der Waals surface area contributed by atoms with E-state index in [-0.39, 0.29) is 5.41 Å². The highest BCUT2D eigenvalue weighted by Crippen LogP contribution is 2.51. The Morgan fingerprint density at radius 3 is 1.80 bits per heavy atom. The van der Waals surface area contributed by atoms with Crippen LogP contribution in [0.3, 0.4) is 0 Å². The molecule has 0 fully saturated rings. The topological polar surface area (TPSA) is 14.8 Å². The van der Waals surface area contributed by atoms with E-state index in [0.29, 0.717) is 0 Å². The molecule has 0 spiro atoms. The highest BCUT2D eigenvalue weighted by atomic mass is 15.0. The second-order valence-corrected chi connectivity index (χ2v) is 17.3. The van der Waals surface area contributed by atoms with Gasteiger partial charge in [-0.15, -0.1) is 0 Å². The lowest BCUT2D eigenvalue weighted by molar-refractivity contribution is 0.661. The zero-order chi connectivity index (χ0) is 39.7. The molecule has 3 aromatic heterocycles. The number of hydrogen-bond acceptors (Lipinski definition) is 0. The summed E-state index contributed by atoms with van der Waals surface area (Å²) in [6.45, 7) is 4.77. The number of benzene rings is 8. The van der Waals surface area contributed by atoms with Crippen molar-refractivity contribution in [1.82, 2.24) is 13.7 Å². The zero-order valence-corrected chi connectivity index (χ0v) is 33.7. The van der Waals surface area contributed by atoms with Gasteiger partial charge in [-0.05, 0) is 137 Å². The standard InChI is InChI=1S/C57H41N3/c1-57(2)49-22-12-9-19-41(49)45-35-56-48(34-50(45)57)47-32-37(36-25-29-53-46(31-36)43-21-11-14-24-52(43)58(53)38-15-5-3-6-16-38)26-30-54(47)60(56)40-27-28-44-42-20-10-13-23-51(42)59(55(44)33-40)39-17-7-4-8-18-39/h3-10,12-20,22-35H,11,21H2,1-2H3. The van der Waals surface area contributed by atoms with Crippen LogP contribution >= 0.6 is 0 Å². The molecule has 3 nitrogen and oxygen atoms in total. The fourth-order valence-electron chi connectivity index (χ4n) is 10.9. The van der Waals surface area contributed by atoms with Crippen molar-refractivity contribution in [3.05, 3.63) is 204 Å². The van der Waals surface area contributed by atoms with Crippen LogP contribution in [-0.2, 0) is 11.8 Å². The first-order valence-electron chi connectivity index (χ1n) is 21.2. The molecule has 0 amide bonds. The van der Waals surface area contributed by atoms with Gasteiger partial charge in [0, 0.05) is 55.1 Å². The van der Waals surface area contributed by atoms with E-state index < -0.39 is 0 Å². The smallest absolute Gasteiger partial charge is 0.0561 e. The number of aryl methyl sites for hydroxylation is 1. The number of para-hydroxylation sites is 3. The molecule has 11 aromatic rings. The van der Waals surface area contributed by atoms with Crippen molar-refractivity contribution >= 4 is 60.6 Å². The maximum Gasteiger partial charge on any atom is 0.0561 e. The highest BCUT2D eigenvalue weighted by molar-refractivity contribution is 6.14. The molecular weight excluding hydrogens is 727 g/mol. The van der Waals surface area contributed by atoms with Gasteiger partial charge in [0.15, 0.2) is 0 Å². The quantitative estimate of drug-likeness (QED) is 0.169. The van der Waals surface area contributed by atoms with E-state index in [4.69, 9.17) is 0 Å². The predicted octanol–water partition coefficient (Wildman–Crippen LogP) is 14.8. The second-order valence-electron chi connectivity index (χ2n) is 17.3. The van der Waals surface area contributed by atoms with Crippen LogP contribution in [0.15, 0.2) is 182 Å². The molecule has 13 rings (SSSR count). The van der Waals surface area contributed by atoms with E-state index in [9.17, 15) is 0 Å². The van der Waals surface area contributed by atoms with Gasteiger partial charge in [0.1, 0.15) is 0 Å². The molecule has 3 heteroatoms. The van der Waals surface area contributed by atoms with Crippen molar-refractivity contribution in [2.24, 2.45) is 0 Å². The average molecular weight is 768 g/mol. The van der Waals surface area contributed by atoms with Crippen LogP contribution in [0, 0.1) is 0 Å². The zero-order valence-electron chi connectivity index (χ0n) is 33.7. The molecular formula is C57H41N3. The summed E-state index contributed by atoms with van der Waals surface area (Å²) in [5, 5.41) is 6.42. The van der Waals surface area contributed by atoms with Gasteiger partial charge < -0.3 is 13.7 Å². The Bertz CT molecular complexity index is 3610. The minimum absolute atomic E-state index is 0.105. The monoisotopic (exact) mass is 767 g/mol. The van der Waals surface area contributed by atoms with Crippen molar-refractivity contribution in [2.45, 2.75) is 32.1 Å². The first kappa shape index (κ1) is 33.6. The lowest BCUT2D eigenvalue weighted by Crippen LogP contribution is -2.14. The molecule has 0 bridgehead atoms. The summed E-state index contributed by atoms with van der Waals surface area (Å²) in [5.74, 6) is 0. The molecule has 0 saturated heterocycles. The lowest BCUT2D eigenvalue weighted by Gasteiger charge is -2.21. The Morgan fingerprint density at radius 2 is 1.00 bits per heavy atom. The van der Waals surface area contributed by atoms with Gasteiger partial charge in [-0.1, -0.05) is 117 Å². The van der Waals surface area contributed by atoms with Gasteiger partial charge in [-0.2, -0.15) is 0 Å². The number of hydrogen-bond donors (Lipinski definition) is 0. The largest absolute Gasteiger partial charge is 0.310 e. The minimum atomic E-state index is -0.105. The van der Waals surface area contributed by atoms with Gasteiger partial charge in [0.25, 0.3) is 0 Å². The summed E-state index contributed by atoms with van der Waals surface area (Å²) in [5.41, 5.74) is 20.2. The van der Waals surface area contributed by atoms with Crippen molar-refractivity contribution < 1.29 is 0 Å². The predicted molar refractivity (Wildman–Crippen MR) is 252 cm³/mol. The molecule has 0 unspecified atom stereocenters. The summed E-state index contributed by atoms with van der Waals surface area (Å²) >= 11 is 0. The van der Waals surface area contributed by atoms with Crippen LogP contribution in [0.4, 0.5) is 0 Å². The third-order valence-corrected chi connectivity index (χ3v) is 13.7. The van der Waals surface area contributed by atoms with E-state index in [1.54, 1.807) is 0 Å². The Balaban J connectivity index is 1.07. The molecule has 0 N–H and O–H groups in total. The summed E-state index contributed by atoms with van der Waals surface area (Å²) in [7, 11) is 0. The Kier molecular flexibility index (Phi) is 6.90. The first-order chi connectivity index (χ1) is 29.5. The first-order valence-corrected chi connectivity index (χ1v) is 21.2. The van der Waals surface area contributed by atoms with Crippen molar-refractivity contribution in [1.29, 1.82) is 0 Å². The number of rotatable bonds is 4. The molecule has 284 valence electrons. The highest BCUT2D eigenvalue weighted by Gasteiger charge is 2.36. The number of aromatic nitrogens is 3. The normalized spacial score (nSPS) is 14.1. The van der Waals surface area contributed by atoms with Gasteiger partial charge in [-0.25, -0.2) is 0 Å². The van der Waals surface area contributed by atoms with E-state index in [2.05, 4.69) is 216 Å². The third kappa shape index (κ3) is 4.60. The lowest BCUT2D eigenvalue weighted by atomic mass is 9.82. The number of allylic oxidation sites excluding steroid dienone is 1. The fourth-order valence-corrected chi connectivity index (χ4v) is 10.9. The Hall–Kier alpha value is -7.36. The van der Waals surface area contributed by atoms with Crippen LogP contribution < -0.4 is 0 Å². The van der Waals surface area contributed by atoms with Gasteiger partial charge in [0.05, 0.1) is 27.6 Å². The van der Waals surface area contributed by atoms with Gasteiger partial charge in [-0.3, -0.25) is 0 Å². The summed E-state index contributed by atoms with van der Waals surface area (Å²) < 4.78 is 7.38. The van der Waals surface area contributed by atoms with E-state index in [1.165, 1.54) is 105 Å². The Morgan fingerprint density at radius 1 is 0.400 bits per heavy atom. The van der Waals surface area contributed by atoms with Crippen molar-refractivity contribution in [3.63, 3.8) is 0 Å².